The molecule has 1 aromatic carbocycles. The zero-order valence-electron chi connectivity index (χ0n) is 23.5. The van der Waals surface area contributed by atoms with Crippen molar-refractivity contribution in [2.45, 2.75) is 116 Å². The molecule has 3 heterocycles. The van der Waals surface area contributed by atoms with Gasteiger partial charge in [0.15, 0.2) is 0 Å². The molecular formula is C30H54N6. The average Bonchev–Trinajstić information content (AvgIpc) is 3.68. The Hall–Kier alpha value is -1.02. The molecule has 0 amide bonds. The quantitative estimate of drug-likeness (QED) is 0.223. The zero-order valence-corrected chi connectivity index (χ0v) is 23.5. The summed E-state index contributed by atoms with van der Waals surface area (Å²) in [5.41, 5.74) is 9.56. The van der Waals surface area contributed by atoms with E-state index < -0.39 is 0 Å². The van der Waals surface area contributed by atoms with Gasteiger partial charge in [-0.05, 0) is 111 Å². The molecule has 204 valence electrons. The first-order valence-corrected chi connectivity index (χ1v) is 15.2. The first-order chi connectivity index (χ1) is 17.7. The van der Waals surface area contributed by atoms with Crippen LogP contribution in [0, 0.1) is 0 Å². The van der Waals surface area contributed by atoms with E-state index in [1.807, 2.05) is 0 Å². The lowest BCUT2D eigenvalue weighted by Gasteiger charge is -2.27. The van der Waals surface area contributed by atoms with E-state index in [1.165, 1.54) is 58.2 Å². The molecule has 0 aliphatic carbocycles. The van der Waals surface area contributed by atoms with Gasteiger partial charge in [0, 0.05) is 57.4 Å². The van der Waals surface area contributed by atoms with E-state index in [2.05, 4.69) is 52.7 Å². The molecular weight excluding hydrogens is 444 g/mol. The van der Waals surface area contributed by atoms with Gasteiger partial charge in [0.1, 0.15) is 0 Å². The van der Waals surface area contributed by atoms with Crippen LogP contribution in [0.2, 0.25) is 0 Å². The van der Waals surface area contributed by atoms with Gasteiger partial charge < -0.3 is 31.9 Å². The molecule has 0 spiro atoms. The van der Waals surface area contributed by atoms with E-state index in [-0.39, 0.29) is 0 Å². The maximum absolute atomic E-state index is 3.86. The molecule has 3 aliphatic heterocycles. The van der Waals surface area contributed by atoms with Crippen LogP contribution in [0.1, 0.15) is 92.7 Å². The van der Waals surface area contributed by atoms with Crippen LogP contribution in [-0.2, 0) is 38.9 Å². The largest absolute Gasteiger partial charge is 0.313 e. The third-order valence-corrected chi connectivity index (χ3v) is 8.81. The van der Waals surface area contributed by atoms with Crippen LogP contribution < -0.4 is 31.9 Å². The summed E-state index contributed by atoms with van der Waals surface area (Å²) >= 11 is 0. The fourth-order valence-electron chi connectivity index (χ4n) is 6.92. The SMILES string of the molecule is CCc1c(CNC[C@@H]2CCCN2)c(CC)c(CNC[C@@H]2CCCN2)c(CC)c1CNC[C@@H]1CCCN1. The maximum Gasteiger partial charge on any atom is 0.0211 e. The summed E-state index contributed by atoms with van der Waals surface area (Å²) in [6, 6.07) is 1.90. The normalized spacial score (nSPS) is 24.2. The van der Waals surface area contributed by atoms with Crippen molar-refractivity contribution in [1.29, 1.82) is 0 Å². The Morgan fingerprint density at radius 2 is 0.806 bits per heavy atom. The van der Waals surface area contributed by atoms with Crippen LogP contribution in [0.3, 0.4) is 0 Å². The lowest BCUT2D eigenvalue weighted by molar-refractivity contribution is 0.523. The summed E-state index contributed by atoms with van der Waals surface area (Å²) < 4.78 is 0. The van der Waals surface area contributed by atoms with Gasteiger partial charge in [-0.15, -0.1) is 0 Å². The number of hydrogen-bond acceptors (Lipinski definition) is 6. The molecule has 3 saturated heterocycles. The van der Waals surface area contributed by atoms with Crippen molar-refractivity contribution in [2.75, 3.05) is 39.3 Å². The molecule has 4 rings (SSSR count). The molecule has 0 unspecified atom stereocenters. The van der Waals surface area contributed by atoms with Crippen LogP contribution in [0.25, 0.3) is 0 Å². The number of benzene rings is 1. The van der Waals surface area contributed by atoms with Crippen molar-refractivity contribution in [3.05, 3.63) is 33.4 Å². The van der Waals surface area contributed by atoms with Crippen LogP contribution in [0.5, 0.6) is 0 Å². The predicted molar refractivity (Wildman–Crippen MR) is 153 cm³/mol. The molecule has 3 fully saturated rings. The summed E-state index contributed by atoms with van der Waals surface area (Å²) in [6.45, 7) is 16.8. The highest BCUT2D eigenvalue weighted by molar-refractivity contribution is 5.52. The average molecular weight is 499 g/mol. The second kappa shape index (κ2) is 14.8. The van der Waals surface area contributed by atoms with Crippen molar-refractivity contribution in [3.8, 4) is 0 Å². The molecule has 6 heteroatoms. The van der Waals surface area contributed by atoms with Gasteiger partial charge in [-0.25, -0.2) is 0 Å². The Morgan fingerprint density at radius 3 is 1.03 bits per heavy atom. The van der Waals surface area contributed by atoms with Gasteiger partial charge in [0.25, 0.3) is 0 Å². The van der Waals surface area contributed by atoms with Crippen molar-refractivity contribution in [2.24, 2.45) is 0 Å². The fraction of sp³-hybridized carbons (Fsp3) is 0.800. The highest BCUT2D eigenvalue weighted by Crippen LogP contribution is 2.31. The maximum atomic E-state index is 3.86. The van der Waals surface area contributed by atoms with Gasteiger partial charge in [0.05, 0.1) is 0 Å². The smallest absolute Gasteiger partial charge is 0.0211 e. The number of nitrogens with one attached hydrogen (secondary N) is 6. The number of rotatable bonds is 15. The van der Waals surface area contributed by atoms with Gasteiger partial charge in [-0.3, -0.25) is 0 Å². The summed E-state index contributed by atoms with van der Waals surface area (Å²) in [4.78, 5) is 0. The Balaban J connectivity index is 1.57. The van der Waals surface area contributed by atoms with Crippen molar-refractivity contribution >= 4 is 0 Å². The minimum absolute atomic E-state index is 0.634. The summed E-state index contributed by atoms with van der Waals surface area (Å²) in [5, 5.41) is 22.6. The van der Waals surface area contributed by atoms with E-state index >= 15 is 0 Å². The summed E-state index contributed by atoms with van der Waals surface area (Å²) in [6.07, 6.45) is 11.2. The lowest BCUT2D eigenvalue weighted by atomic mass is 9.83. The van der Waals surface area contributed by atoms with Gasteiger partial charge in [-0.1, -0.05) is 20.8 Å². The van der Waals surface area contributed by atoms with Crippen molar-refractivity contribution in [3.63, 3.8) is 0 Å². The molecule has 6 N–H and O–H groups in total. The first-order valence-electron chi connectivity index (χ1n) is 15.2. The Morgan fingerprint density at radius 1 is 0.500 bits per heavy atom. The Labute approximate surface area is 220 Å². The van der Waals surface area contributed by atoms with Gasteiger partial charge in [-0.2, -0.15) is 0 Å². The summed E-state index contributed by atoms with van der Waals surface area (Å²) in [7, 11) is 0. The summed E-state index contributed by atoms with van der Waals surface area (Å²) in [5.74, 6) is 0. The predicted octanol–water partition coefficient (Wildman–Crippen LogP) is 2.90. The van der Waals surface area contributed by atoms with Crippen LogP contribution in [-0.4, -0.2) is 57.4 Å². The van der Waals surface area contributed by atoms with E-state index in [1.54, 1.807) is 33.4 Å². The molecule has 36 heavy (non-hydrogen) atoms. The molecule has 0 radical (unpaired) electrons. The zero-order chi connectivity index (χ0) is 25.2. The third kappa shape index (κ3) is 7.30. The fourth-order valence-corrected chi connectivity index (χ4v) is 6.92. The van der Waals surface area contributed by atoms with E-state index in [0.29, 0.717) is 18.1 Å². The lowest BCUT2D eigenvalue weighted by Crippen LogP contribution is -2.36. The van der Waals surface area contributed by atoms with Crippen LogP contribution in [0.4, 0.5) is 0 Å². The topological polar surface area (TPSA) is 72.2 Å². The van der Waals surface area contributed by atoms with Crippen molar-refractivity contribution in [1.82, 2.24) is 31.9 Å². The standard InChI is InChI=1S/C30H54N6/c1-4-25-28(19-31-16-22-10-7-13-34-22)26(5-2)30(21-33-18-24-12-9-15-36-24)27(6-3)29(25)20-32-17-23-11-8-14-35-23/h22-24,31-36H,4-21H2,1-3H3/t22-,23-,24-/m0/s1. The Bertz CT molecular complexity index is 665. The molecule has 3 aliphatic rings. The van der Waals surface area contributed by atoms with Crippen molar-refractivity contribution < 1.29 is 0 Å². The second-order valence-corrected chi connectivity index (χ2v) is 11.2. The second-order valence-electron chi connectivity index (χ2n) is 11.2. The highest BCUT2D eigenvalue weighted by Gasteiger charge is 2.23. The van der Waals surface area contributed by atoms with E-state index in [9.17, 15) is 0 Å². The monoisotopic (exact) mass is 498 g/mol. The molecule has 0 saturated carbocycles. The number of hydrogen-bond donors (Lipinski definition) is 6. The minimum Gasteiger partial charge on any atom is -0.313 e. The molecule has 1 aromatic rings. The van der Waals surface area contributed by atoms with E-state index in [4.69, 9.17) is 0 Å². The van der Waals surface area contributed by atoms with Crippen LogP contribution in [0.15, 0.2) is 0 Å². The van der Waals surface area contributed by atoms with Gasteiger partial charge >= 0.3 is 0 Å². The molecule has 0 bridgehead atoms. The molecule has 6 nitrogen and oxygen atoms in total. The molecule has 0 aromatic heterocycles. The molecule has 3 atom stereocenters. The van der Waals surface area contributed by atoms with Crippen LogP contribution >= 0.6 is 0 Å². The minimum atomic E-state index is 0.634. The highest BCUT2D eigenvalue weighted by atomic mass is 15.0. The third-order valence-electron chi connectivity index (χ3n) is 8.81. The van der Waals surface area contributed by atoms with E-state index in [0.717, 1.165) is 58.5 Å². The first kappa shape index (κ1) is 28.0. The Kier molecular flexibility index (Phi) is 11.5. The van der Waals surface area contributed by atoms with Gasteiger partial charge in [0.2, 0.25) is 0 Å².